The van der Waals surface area contributed by atoms with Crippen LogP contribution in [0.25, 0.3) is 11.3 Å². The molecule has 1 aromatic heterocycles. The molecule has 0 spiro atoms. The Balaban J connectivity index is 1.91. The van der Waals surface area contributed by atoms with Gasteiger partial charge in [0.1, 0.15) is 5.75 Å². The standard InChI is InChI=1S/C19H20N2O2/c1-23-16-9-7-14(8-10-16)13-18-17(11-12-22)19(21-20-18)15-5-3-2-4-6-15/h2-10,22H,11-13H2,1H3,(H,20,21). The van der Waals surface area contributed by atoms with E-state index >= 15 is 0 Å². The van der Waals surface area contributed by atoms with Gasteiger partial charge in [0.25, 0.3) is 0 Å². The Kier molecular flexibility index (Phi) is 4.74. The van der Waals surface area contributed by atoms with E-state index in [2.05, 4.69) is 10.2 Å². The molecule has 2 aromatic carbocycles. The van der Waals surface area contributed by atoms with Crippen LogP contribution in [-0.4, -0.2) is 29.0 Å². The van der Waals surface area contributed by atoms with Gasteiger partial charge in [0, 0.05) is 29.8 Å². The van der Waals surface area contributed by atoms with E-state index in [9.17, 15) is 5.11 Å². The van der Waals surface area contributed by atoms with Crippen molar-refractivity contribution in [3.05, 3.63) is 71.4 Å². The van der Waals surface area contributed by atoms with E-state index in [1.165, 1.54) is 5.56 Å². The highest BCUT2D eigenvalue weighted by atomic mass is 16.5. The van der Waals surface area contributed by atoms with Crippen molar-refractivity contribution in [2.45, 2.75) is 12.8 Å². The van der Waals surface area contributed by atoms with Crippen LogP contribution in [0.15, 0.2) is 54.6 Å². The maximum absolute atomic E-state index is 9.41. The molecule has 23 heavy (non-hydrogen) atoms. The lowest BCUT2D eigenvalue weighted by molar-refractivity contribution is 0.299. The van der Waals surface area contributed by atoms with Gasteiger partial charge in [-0.05, 0) is 24.1 Å². The number of rotatable bonds is 6. The number of nitrogens with zero attached hydrogens (tertiary/aromatic N) is 1. The van der Waals surface area contributed by atoms with Gasteiger partial charge in [0.2, 0.25) is 0 Å². The van der Waals surface area contributed by atoms with Gasteiger partial charge in [-0.3, -0.25) is 5.10 Å². The lowest BCUT2D eigenvalue weighted by atomic mass is 10.00. The summed E-state index contributed by atoms with van der Waals surface area (Å²) in [5.74, 6) is 0.846. The van der Waals surface area contributed by atoms with Crippen molar-refractivity contribution in [1.29, 1.82) is 0 Å². The maximum atomic E-state index is 9.41. The van der Waals surface area contributed by atoms with E-state index in [0.29, 0.717) is 6.42 Å². The zero-order valence-corrected chi connectivity index (χ0v) is 13.1. The zero-order valence-electron chi connectivity index (χ0n) is 13.1. The summed E-state index contributed by atoms with van der Waals surface area (Å²) in [5.41, 5.74) is 5.28. The second-order valence-corrected chi connectivity index (χ2v) is 5.39. The molecule has 4 heteroatoms. The van der Waals surface area contributed by atoms with E-state index < -0.39 is 0 Å². The van der Waals surface area contributed by atoms with Crippen molar-refractivity contribution < 1.29 is 9.84 Å². The van der Waals surface area contributed by atoms with Crippen molar-refractivity contribution >= 4 is 0 Å². The number of hydrogen-bond donors (Lipinski definition) is 2. The van der Waals surface area contributed by atoms with Crippen LogP contribution in [0.3, 0.4) is 0 Å². The molecular weight excluding hydrogens is 288 g/mol. The molecule has 0 atom stereocenters. The van der Waals surface area contributed by atoms with Gasteiger partial charge in [-0.15, -0.1) is 0 Å². The summed E-state index contributed by atoms with van der Waals surface area (Å²) >= 11 is 0. The SMILES string of the molecule is COc1ccc(Cc2[nH]nc(-c3ccccc3)c2CCO)cc1. The average molecular weight is 308 g/mol. The first-order valence-electron chi connectivity index (χ1n) is 7.67. The molecule has 0 aliphatic carbocycles. The number of benzene rings is 2. The van der Waals surface area contributed by atoms with Gasteiger partial charge < -0.3 is 9.84 Å². The molecule has 3 aromatic rings. The topological polar surface area (TPSA) is 58.1 Å². The molecule has 0 fully saturated rings. The van der Waals surface area contributed by atoms with Crippen LogP contribution >= 0.6 is 0 Å². The van der Waals surface area contributed by atoms with Crippen LogP contribution < -0.4 is 4.74 Å². The molecule has 118 valence electrons. The Hall–Kier alpha value is -2.59. The van der Waals surface area contributed by atoms with E-state index in [1.807, 2.05) is 54.6 Å². The Morgan fingerprint density at radius 3 is 2.43 bits per heavy atom. The van der Waals surface area contributed by atoms with Crippen LogP contribution in [0.1, 0.15) is 16.8 Å². The van der Waals surface area contributed by atoms with Gasteiger partial charge >= 0.3 is 0 Å². The van der Waals surface area contributed by atoms with Gasteiger partial charge in [0.15, 0.2) is 0 Å². The third-order valence-corrected chi connectivity index (χ3v) is 3.90. The molecule has 0 unspecified atom stereocenters. The van der Waals surface area contributed by atoms with Crippen LogP contribution in [0.2, 0.25) is 0 Å². The first kappa shape index (κ1) is 15.3. The highest BCUT2D eigenvalue weighted by Gasteiger charge is 2.14. The highest BCUT2D eigenvalue weighted by molar-refractivity contribution is 5.64. The van der Waals surface area contributed by atoms with Crippen LogP contribution in [-0.2, 0) is 12.8 Å². The summed E-state index contributed by atoms with van der Waals surface area (Å²) in [6.07, 6.45) is 1.34. The smallest absolute Gasteiger partial charge is 0.118 e. The Morgan fingerprint density at radius 2 is 1.78 bits per heavy atom. The number of hydrogen-bond acceptors (Lipinski definition) is 3. The molecule has 3 rings (SSSR count). The first-order chi connectivity index (χ1) is 11.3. The Bertz CT molecular complexity index is 749. The number of aromatic amines is 1. The minimum atomic E-state index is 0.106. The monoisotopic (exact) mass is 308 g/mol. The van der Waals surface area contributed by atoms with Crippen LogP contribution in [0, 0.1) is 0 Å². The molecule has 0 amide bonds. The zero-order chi connectivity index (χ0) is 16.1. The molecule has 0 saturated heterocycles. The molecular formula is C19H20N2O2. The summed E-state index contributed by atoms with van der Waals surface area (Å²) in [5, 5.41) is 17.0. The van der Waals surface area contributed by atoms with Crippen molar-refractivity contribution in [2.75, 3.05) is 13.7 Å². The number of H-pyrrole nitrogens is 1. The van der Waals surface area contributed by atoms with Crippen molar-refractivity contribution in [3.8, 4) is 17.0 Å². The quantitative estimate of drug-likeness (QED) is 0.735. The van der Waals surface area contributed by atoms with Gasteiger partial charge in [0.05, 0.1) is 12.8 Å². The predicted molar refractivity (Wildman–Crippen MR) is 90.6 cm³/mol. The second-order valence-electron chi connectivity index (χ2n) is 5.39. The van der Waals surface area contributed by atoms with Crippen molar-refractivity contribution in [3.63, 3.8) is 0 Å². The van der Waals surface area contributed by atoms with Crippen molar-refractivity contribution in [2.24, 2.45) is 0 Å². The maximum Gasteiger partial charge on any atom is 0.118 e. The molecule has 0 aliphatic heterocycles. The summed E-state index contributed by atoms with van der Waals surface area (Å²) in [7, 11) is 1.66. The number of methoxy groups -OCH3 is 1. The van der Waals surface area contributed by atoms with Gasteiger partial charge in [-0.1, -0.05) is 42.5 Å². The van der Waals surface area contributed by atoms with E-state index in [4.69, 9.17) is 4.74 Å². The third kappa shape index (κ3) is 3.43. The number of aliphatic hydroxyl groups is 1. The Labute approximate surface area is 135 Å². The van der Waals surface area contributed by atoms with Gasteiger partial charge in [-0.25, -0.2) is 0 Å². The number of ether oxygens (including phenoxy) is 1. The molecule has 0 saturated carbocycles. The van der Waals surface area contributed by atoms with Crippen LogP contribution in [0.4, 0.5) is 0 Å². The van der Waals surface area contributed by atoms with E-state index in [-0.39, 0.29) is 6.61 Å². The van der Waals surface area contributed by atoms with Gasteiger partial charge in [-0.2, -0.15) is 5.10 Å². The van der Waals surface area contributed by atoms with Crippen molar-refractivity contribution in [1.82, 2.24) is 10.2 Å². The molecule has 1 heterocycles. The summed E-state index contributed by atoms with van der Waals surface area (Å²) in [6, 6.07) is 18.1. The minimum Gasteiger partial charge on any atom is -0.497 e. The predicted octanol–water partition coefficient (Wildman–Crippen LogP) is 3.21. The highest BCUT2D eigenvalue weighted by Crippen LogP contribution is 2.26. The second kappa shape index (κ2) is 7.11. The third-order valence-electron chi connectivity index (χ3n) is 3.90. The summed E-state index contributed by atoms with van der Waals surface area (Å²) < 4.78 is 5.19. The molecule has 0 aliphatic rings. The number of aromatic nitrogens is 2. The molecule has 2 N–H and O–H groups in total. The first-order valence-corrected chi connectivity index (χ1v) is 7.67. The van der Waals surface area contributed by atoms with E-state index in [0.717, 1.165) is 34.7 Å². The number of aliphatic hydroxyl groups excluding tert-OH is 1. The fourth-order valence-corrected chi connectivity index (χ4v) is 2.71. The molecule has 0 bridgehead atoms. The van der Waals surface area contributed by atoms with E-state index in [1.54, 1.807) is 7.11 Å². The summed E-state index contributed by atoms with van der Waals surface area (Å²) in [6.45, 7) is 0.106. The lowest BCUT2D eigenvalue weighted by Crippen LogP contribution is -1.98. The normalized spacial score (nSPS) is 10.7. The molecule has 4 nitrogen and oxygen atoms in total. The largest absolute Gasteiger partial charge is 0.497 e. The lowest BCUT2D eigenvalue weighted by Gasteiger charge is -2.06. The Morgan fingerprint density at radius 1 is 1.04 bits per heavy atom. The average Bonchev–Trinajstić information content (AvgIpc) is 2.99. The fourth-order valence-electron chi connectivity index (χ4n) is 2.71. The van der Waals surface area contributed by atoms with Crippen LogP contribution in [0.5, 0.6) is 5.75 Å². The fraction of sp³-hybridized carbons (Fsp3) is 0.211. The number of nitrogens with one attached hydrogen (secondary N) is 1. The summed E-state index contributed by atoms with van der Waals surface area (Å²) in [4.78, 5) is 0. The minimum absolute atomic E-state index is 0.106. The molecule has 0 radical (unpaired) electrons.